The highest BCUT2D eigenvalue weighted by atomic mass is 35.5. The lowest BCUT2D eigenvalue weighted by Gasteiger charge is -2.01. The van der Waals surface area contributed by atoms with E-state index in [1.165, 1.54) is 6.26 Å². The van der Waals surface area contributed by atoms with Crippen molar-refractivity contribution in [1.82, 2.24) is 0 Å². The molecule has 0 radical (unpaired) electrons. The van der Waals surface area contributed by atoms with Gasteiger partial charge in [0, 0.05) is 0 Å². The molecule has 0 saturated heterocycles. The Labute approximate surface area is 92.3 Å². The molecule has 14 heavy (non-hydrogen) atoms. The molecular weight excluding hydrogens is 221 g/mol. The molecule has 0 saturated carbocycles. The Hall–Kier alpha value is -1.17. The number of halogens is 2. The Kier molecular flexibility index (Phi) is 4.31. The molecule has 0 N–H and O–H groups in total. The van der Waals surface area contributed by atoms with Crippen LogP contribution in [0.15, 0.2) is 35.0 Å². The fourth-order valence-electron chi connectivity index (χ4n) is 0.933. The standard InChI is InChI=1S/C10H7Cl2NO/c11-10(12)7-14-9-3-1-2-8(6-9)4-5-13/h1-3,6-7H,4H2. The van der Waals surface area contributed by atoms with Gasteiger partial charge in [-0.05, 0) is 17.7 Å². The predicted octanol–water partition coefficient (Wildman–Crippen LogP) is 3.41. The minimum Gasteiger partial charge on any atom is -0.462 e. The number of nitrogens with zero attached hydrogens (tertiary/aromatic N) is 1. The first kappa shape index (κ1) is 10.9. The van der Waals surface area contributed by atoms with Crippen molar-refractivity contribution in [3.05, 3.63) is 40.6 Å². The van der Waals surface area contributed by atoms with Crippen molar-refractivity contribution in [2.75, 3.05) is 0 Å². The lowest BCUT2D eigenvalue weighted by Crippen LogP contribution is -1.85. The van der Waals surface area contributed by atoms with Crippen molar-refractivity contribution in [1.29, 1.82) is 5.26 Å². The Bertz CT molecular complexity index is 378. The van der Waals surface area contributed by atoms with E-state index in [1.807, 2.05) is 6.07 Å². The Morgan fingerprint density at radius 3 is 2.93 bits per heavy atom. The summed E-state index contributed by atoms with van der Waals surface area (Å²) in [4.78, 5) is 0. The monoisotopic (exact) mass is 227 g/mol. The third-order valence-corrected chi connectivity index (χ3v) is 1.64. The number of benzene rings is 1. The van der Waals surface area contributed by atoms with E-state index in [4.69, 9.17) is 33.2 Å². The molecule has 0 aliphatic heterocycles. The van der Waals surface area contributed by atoms with Gasteiger partial charge in [0.2, 0.25) is 0 Å². The predicted molar refractivity (Wildman–Crippen MR) is 56.2 cm³/mol. The van der Waals surface area contributed by atoms with E-state index in [0.29, 0.717) is 12.2 Å². The van der Waals surface area contributed by atoms with Gasteiger partial charge in [-0.3, -0.25) is 0 Å². The van der Waals surface area contributed by atoms with Crippen LogP contribution in [0.2, 0.25) is 0 Å². The third kappa shape index (κ3) is 3.69. The summed E-state index contributed by atoms with van der Waals surface area (Å²) in [6, 6.07) is 9.22. The van der Waals surface area contributed by atoms with Crippen LogP contribution < -0.4 is 4.74 Å². The molecule has 0 fully saturated rings. The molecule has 4 heteroatoms. The molecule has 0 unspecified atom stereocenters. The minimum atomic E-state index is 0.0516. The molecule has 72 valence electrons. The Morgan fingerprint density at radius 1 is 1.50 bits per heavy atom. The maximum absolute atomic E-state index is 8.48. The first-order valence-electron chi connectivity index (χ1n) is 3.86. The van der Waals surface area contributed by atoms with Gasteiger partial charge in [0.1, 0.15) is 16.5 Å². The molecule has 0 bridgehead atoms. The first-order chi connectivity index (χ1) is 6.72. The third-order valence-electron chi connectivity index (χ3n) is 1.47. The molecule has 0 aromatic heterocycles. The number of nitriles is 1. The molecule has 0 heterocycles. The molecule has 1 aromatic carbocycles. The summed E-state index contributed by atoms with van der Waals surface area (Å²) < 4.78 is 5.17. The van der Waals surface area contributed by atoms with Crippen LogP contribution >= 0.6 is 23.2 Å². The fourth-order valence-corrected chi connectivity index (χ4v) is 1.02. The summed E-state index contributed by atoms with van der Waals surface area (Å²) in [6.45, 7) is 0. The van der Waals surface area contributed by atoms with Gasteiger partial charge in [-0.25, -0.2) is 0 Å². The highest BCUT2D eigenvalue weighted by molar-refractivity contribution is 6.55. The van der Waals surface area contributed by atoms with Gasteiger partial charge in [0.05, 0.1) is 12.5 Å². The van der Waals surface area contributed by atoms with Gasteiger partial charge in [-0.2, -0.15) is 5.26 Å². The van der Waals surface area contributed by atoms with Crippen LogP contribution in [-0.2, 0) is 6.42 Å². The quantitative estimate of drug-likeness (QED) is 0.742. The minimum absolute atomic E-state index is 0.0516. The SMILES string of the molecule is N#CCc1cccc(OC=C(Cl)Cl)c1. The van der Waals surface area contributed by atoms with Crippen molar-refractivity contribution in [3.8, 4) is 11.8 Å². The summed E-state index contributed by atoms with van der Waals surface area (Å²) in [5.41, 5.74) is 0.893. The molecule has 0 amide bonds. The van der Waals surface area contributed by atoms with Crippen molar-refractivity contribution in [2.45, 2.75) is 6.42 Å². The molecule has 0 aliphatic carbocycles. The number of rotatable bonds is 3. The average molecular weight is 228 g/mol. The molecule has 1 rings (SSSR count). The van der Waals surface area contributed by atoms with E-state index < -0.39 is 0 Å². The molecule has 2 nitrogen and oxygen atoms in total. The average Bonchev–Trinajstić information content (AvgIpc) is 2.16. The van der Waals surface area contributed by atoms with Crippen LogP contribution in [0.4, 0.5) is 0 Å². The van der Waals surface area contributed by atoms with Gasteiger partial charge in [0.25, 0.3) is 0 Å². The highest BCUT2D eigenvalue weighted by Gasteiger charge is 1.95. The zero-order valence-corrected chi connectivity index (χ0v) is 8.72. The zero-order chi connectivity index (χ0) is 10.4. The van der Waals surface area contributed by atoms with E-state index in [2.05, 4.69) is 6.07 Å². The second-order valence-electron chi connectivity index (χ2n) is 2.51. The lowest BCUT2D eigenvalue weighted by molar-refractivity contribution is 0.480. The van der Waals surface area contributed by atoms with E-state index in [-0.39, 0.29) is 4.49 Å². The van der Waals surface area contributed by atoms with Crippen molar-refractivity contribution in [3.63, 3.8) is 0 Å². The summed E-state index contributed by atoms with van der Waals surface area (Å²) in [6.07, 6.45) is 1.59. The summed E-state index contributed by atoms with van der Waals surface area (Å²) in [5, 5.41) is 8.48. The van der Waals surface area contributed by atoms with Crippen LogP contribution in [0, 0.1) is 11.3 Å². The number of hydrogen-bond donors (Lipinski definition) is 0. The molecule has 1 aromatic rings. The lowest BCUT2D eigenvalue weighted by atomic mass is 10.2. The topological polar surface area (TPSA) is 33.0 Å². The van der Waals surface area contributed by atoms with Crippen molar-refractivity contribution >= 4 is 23.2 Å². The van der Waals surface area contributed by atoms with Gasteiger partial charge < -0.3 is 4.74 Å². The largest absolute Gasteiger partial charge is 0.462 e. The molecule has 0 atom stereocenters. The second kappa shape index (κ2) is 5.54. The summed E-state index contributed by atoms with van der Waals surface area (Å²) >= 11 is 10.8. The van der Waals surface area contributed by atoms with Gasteiger partial charge in [-0.15, -0.1) is 0 Å². The van der Waals surface area contributed by atoms with E-state index >= 15 is 0 Å². The highest BCUT2D eigenvalue weighted by Crippen LogP contribution is 2.16. The Morgan fingerprint density at radius 2 is 2.29 bits per heavy atom. The number of hydrogen-bond acceptors (Lipinski definition) is 2. The van der Waals surface area contributed by atoms with Crippen LogP contribution in [-0.4, -0.2) is 0 Å². The van der Waals surface area contributed by atoms with Crippen LogP contribution in [0.1, 0.15) is 5.56 Å². The van der Waals surface area contributed by atoms with Crippen molar-refractivity contribution in [2.24, 2.45) is 0 Å². The van der Waals surface area contributed by atoms with Crippen molar-refractivity contribution < 1.29 is 4.74 Å². The van der Waals surface area contributed by atoms with Crippen LogP contribution in [0.5, 0.6) is 5.75 Å². The fraction of sp³-hybridized carbons (Fsp3) is 0.100. The summed E-state index contributed by atoms with van der Waals surface area (Å²) in [5.74, 6) is 0.608. The van der Waals surface area contributed by atoms with Gasteiger partial charge >= 0.3 is 0 Å². The summed E-state index contributed by atoms with van der Waals surface area (Å²) in [7, 11) is 0. The van der Waals surface area contributed by atoms with Crippen LogP contribution in [0.25, 0.3) is 0 Å². The van der Waals surface area contributed by atoms with E-state index in [1.54, 1.807) is 18.2 Å². The van der Waals surface area contributed by atoms with Crippen LogP contribution in [0.3, 0.4) is 0 Å². The second-order valence-corrected chi connectivity index (χ2v) is 3.52. The maximum Gasteiger partial charge on any atom is 0.141 e. The smallest absolute Gasteiger partial charge is 0.141 e. The normalized spacial score (nSPS) is 8.93. The molecule has 0 aliphatic rings. The Balaban J connectivity index is 2.74. The van der Waals surface area contributed by atoms with E-state index in [0.717, 1.165) is 5.56 Å². The molecular formula is C10H7Cl2NO. The zero-order valence-electron chi connectivity index (χ0n) is 7.21. The number of ether oxygens (including phenoxy) is 1. The van der Waals surface area contributed by atoms with E-state index in [9.17, 15) is 0 Å². The first-order valence-corrected chi connectivity index (χ1v) is 4.61. The van der Waals surface area contributed by atoms with Gasteiger partial charge in [-0.1, -0.05) is 35.3 Å². The molecule has 0 spiro atoms. The maximum atomic E-state index is 8.48. The van der Waals surface area contributed by atoms with Gasteiger partial charge in [0.15, 0.2) is 0 Å².